The fourth-order valence-corrected chi connectivity index (χ4v) is 2.96. The molecule has 1 aromatic heterocycles. The molecule has 0 aliphatic rings. The van der Waals surface area contributed by atoms with Crippen LogP contribution < -0.4 is 14.8 Å². The van der Waals surface area contributed by atoms with Gasteiger partial charge in [-0.25, -0.2) is 4.63 Å². The molecule has 1 amide bonds. The highest BCUT2D eigenvalue weighted by Crippen LogP contribution is 2.34. The molecule has 1 N–H and O–H groups in total. The second-order valence-electron chi connectivity index (χ2n) is 7.77. The Morgan fingerprint density at radius 1 is 0.967 bits per heavy atom. The van der Waals surface area contributed by atoms with Crippen LogP contribution in [0.5, 0.6) is 11.5 Å². The lowest BCUT2D eigenvalue weighted by atomic mass is 9.87. The minimum atomic E-state index is -0.289. The number of benzene rings is 2. The summed E-state index contributed by atoms with van der Waals surface area (Å²) in [6.07, 6.45) is 0. The van der Waals surface area contributed by atoms with Gasteiger partial charge in [-0.05, 0) is 65.5 Å². The van der Waals surface area contributed by atoms with Gasteiger partial charge in [0, 0.05) is 11.1 Å². The molecule has 3 aromatic rings. The molecule has 2 aromatic carbocycles. The molecule has 30 heavy (non-hydrogen) atoms. The van der Waals surface area contributed by atoms with E-state index in [1.807, 2.05) is 32.0 Å². The number of hydrogen-bond acceptors (Lipinski definition) is 6. The summed E-state index contributed by atoms with van der Waals surface area (Å²) in [6, 6.07) is 12.9. The van der Waals surface area contributed by atoms with Crippen LogP contribution in [0, 0.1) is 0 Å². The van der Waals surface area contributed by atoms with Gasteiger partial charge in [0.2, 0.25) is 5.82 Å². The van der Waals surface area contributed by atoms with Crippen molar-refractivity contribution < 1.29 is 18.9 Å². The van der Waals surface area contributed by atoms with Crippen LogP contribution in [0.2, 0.25) is 0 Å². The molecule has 0 radical (unpaired) electrons. The van der Waals surface area contributed by atoms with E-state index < -0.39 is 0 Å². The van der Waals surface area contributed by atoms with Gasteiger partial charge < -0.3 is 14.8 Å². The van der Waals surface area contributed by atoms with Crippen molar-refractivity contribution in [3.63, 3.8) is 0 Å². The lowest BCUT2D eigenvalue weighted by molar-refractivity contribution is 0.102. The largest absolute Gasteiger partial charge is 0.490 e. The summed E-state index contributed by atoms with van der Waals surface area (Å²) < 4.78 is 16.2. The maximum Gasteiger partial charge on any atom is 0.256 e. The number of ether oxygens (including phenoxy) is 2. The Bertz CT molecular complexity index is 1000. The van der Waals surface area contributed by atoms with Gasteiger partial charge in [0.15, 0.2) is 17.2 Å². The molecule has 0 saturated heterocycles. The van der Waals surface area contributed by atoms with E-state index in [9.17, 15) is 4.79 Å². The Balaban J connectivity index is 1.83. The Morgan fingerprint density at radius 2 is 1.63 bits per heavy atom. The second-order valence-corrected chi connectivity index (χ2v) is 7.77. The highest BCUT2D eigenvalue weighted by molar-refractivity contribution is 6.05. The Hall–Kier alpha value is -3.35. The fourth-order valence-electron chi connectivity index (χ4n) is 2.96. The third kappa shape index (κ3) is 4.79. The van der Waals surface area contributed by atoms with E-state index >= 15 is 0 Å². The lowest BCUT2D eigenvalue weighted by Gasteiger charge is -2.19. The first-order valence-corrected chi connectivity index (χ1v) is 9.98. The van der Waals surface area contributed by atoms with Crippen LogP contribution in [0.15, 0.2) is 47.1 Å². The summed E-state index contributed by atoms with van der Waals surface area (Å²) >= 11 is 0. The summed E-state index contributed by atoms with van der Waals surface area (Å²) in [5.74, 6) is 1.19. The maximum atomic E-state index is 12.7. The van der Waals surface area contributed by atoms with Gasteiger partial charge in [0.1, 0.15) is 0 Å². The fraction of sp³-hybridized carbons (Fsp3) is 0.348. The van der Waals surface area contributed by atoms with E-state index in [1.165, 1.54) is 0 Å². The molecule has 0 aliphatic carbocycles. The molecule has 7 heteroatoms. The number of amides is 1. The zero-order valence-electron chi connectivity index (χ0n) is 18.0. The predicted molar refractivity (Wildman–Crippen MR) is 115 cm³/mol. The maximum absolute atomic E-state index is 12.7. The predicted octanol–water partition coefficient (Wildman–Crippen LogP) is 5.08. The van der Waals surface area contributed by atoms with Gasteiger partial charge >= 0.3 is 0 Å². The van der Waals surface area contributed by atoms with Crippen LogP contribution in [0.1, 0.15) is 50.5 Å². The van der Waals surface area contributed by atoms with Crippen molar-refractivity contribution in [1.82, 2.24) is 10.3 Å². The van der Waals surface area contributed by atoms with Crippen molar-refractivity contribution in [2.24, 2.45) is 0 Å². The minimum absolute atomic E-state index is 0.0180. The topological polar surface area (TPSA) is 86.5 Å². The van der Waals surface area contributed by atoms with E-state index in [4.69, 9.17) is 14.1 Å². The van der Waals surface area contributed by atoms with Crippen molar-refractivity contribution in [1.29, 1.82) is 0 Å². The van der Waals surface area contributed by atoms with Gasteiger partial charge in [-0.3, -0.25) is 4.79 Å². The van der Waals surface area contributed by atoms with Gasteiger partial charge in [-0.15, -0.1) is 0 Å². The third-order valence-electron chi connectivity index (χ3n) is 4.55. The van der Waals surface area contributed by atoms with E-state index in [1.54, 1.807) is 24.3 Å². The Labute approximate surface area is 176 Å². The van der Waals surface area contributed by atoms with Crippen molar-refractivity contribution in [2.75, 3.05) is 18.5 Å². The van der Waals surface area contributed by atoms with E-state index in [0.717, 1.165) is 5.56 Å². The van der Waals surface area contributed by atoms with E-state index in [-0.39, 0.29) is 17.1 Å². The SMILES string of the molecule is CCOc1ccc(-c2nonc2NC(=O)c2ccc(C(C)(C)C)cc2)cc1OCC. The molecule has 0 atom stereocenters. The van der Waals surface area contributed by atoms with Crippen molar-refractivity contribution in [2.45, 2.75) is 40.0 Å². The minimum Gasteiger partial charge on any atom is -0.490 e. The molecule has 0 unspecified atom stereocenters. The molecule has 0 bridgehead atoms. The van der Waals surface area contributed by atoms with Gasteiger partial charge in [-0.1, -0.05) is 32.9 Å². The van der Waals surface area contributed by atoms with Crippen molar-refractivity contribution in [3.8, 4) is 22.8 Å². The normalized spacial score (nSPS) is 11.2. The van der Waals surface area contributed by atoms with E-state index in [0.29, 0.717) is 41.5 Å². The highest BCUT2D eigenvalue weighted by atomic mass is 16.6. The molecule has 0 spiro atoms. The van der Waals surface area contributed by atoms with Gasteiger partial charge in [0.05, 0.1) is 13.2 Å². The van der Waals surface area contributed by atoms with Crippen molar-refractivity contribution in [3.05, 3.63) is 53.6 Å². The lowest BCUT2D eigenvalue weighted by Crippen LogP contribution is -2.15. The number of nitrogens with zero attached hydrogens (tertiary/aromatic N) is 2. The summed E-state index contributed by atoms with van der Waals surface area (Å²) in [5.41, 5.74) is 2.81. The first-order valence-electron chi connectivity index (χ1n) is 9.98. The second kappa shape index (κ2) is 8.98. The molecule has 7 nitrogen and oxygen atoms in total. The smallest absolute Gasteiger partial charge is 0.256 e. The number of hydrogen-bond donors (Lipinski definition) is 1. The summed E-state index contributed by atoms with van der Waals surface area (Å²) in [7, 11) is 0. The number of aromatic nitrogens is 2. The quantitative estimate of drug-likeness (QED) is 0.585. The summed E-state index contributed by atoms with van der Waals surface area (Å²) in [6.45, 7) is 11.2. The highest BCUT2D eigenvalue weighted by Gasteiger charge is 2.19. The van der Waals surface area contributed by atoms with Crippen LogP contribution in [0.25, 0.3) is 11.3 Å². The standard InChI is InChI=1S/C23H27N3O4/c1-6-28-18-13-10-16(14-19(18)29-7-2)20-21(26-30-25-20)24-22(27)15-8-11-17(12-9-15)23(3,4)5/h8-14H,6-7H2,1-5H3,(H,24,26,27). The van der Waals surface area contributed by atoms with Crippen LogP contribution >= 0.6 is 0 Å². The van der Waals surface area contributed by atoms with E-state index in [2.05, 4.69) is 36.4 Å². The van der Waals surface area contributed by atoms with Crippen LogP contribution in [-0.2, 0) is 5.41 Å². The molecule has 158 valence electrons. The number of nitrogens with one attached hydrogen (secondary N) is 1. The first kappa shape index (κ1) is 21.4. The molecule has 0 aliphatic heterocycles. The number of carbonyl (C=O) groups excluding carboxylic acids is 1. The first-order chi connectivity index (χ1) is 14.3. The number of carbonyl (C=O) groups is 1. The van der Waals surface area contributed by atoms with Crippen LogP contribution in [0.4, 0.5) is 5.82 Å². The zero-order chi connectivity index (χ0) is 21.7. The molecular weight excluding hydrogens is 382 g/mol. The van der Waals surface area contributed by atoms with Crippen LogP contribution in [0.3, 0.4) is 0 Å². The average molecular weight is 409 g/mol. The molecule has 3 rings (SSSR count). The van der Waals surface area contributed by atoms with Gasteiger partial charge in [-0.2, -0.15) is 0 Å². The third-order valence-corrected chi connectivity index (χ3v) is 4.55. The average Bonchev–Trinajstić information content (AvgIpc) is 3.17. The molecule has 0 saturated carbocycles. The summed E-state index contributed by atoms with van der Waals surface area (Å²) in [4.78, 5) is 12.7. The number of rotatable bonds is 7. The van der Waals surface area contributed by atoms with Crippen LogP contribution in [-0.4, -0.2) is 29.4 Å². The summed E-state index contributed by atoms with van der Waals surface area (Å²) in [5, 5.41) is 10.6. The van der Waals surface area contributed by atoms with Gasteiger partial charge in [0.25, 0.3) is 5.91 Å². The van der Waals surface area contributed by atoms with Crippen molar-refractivity contribution >= 4 is 11.7 Å². The Kier molecular flexibility index (Phi) is 6.40. The monoisotopic (exact) mass is 409 g/mol. The molecule has 0 fully saturated rings. The Morgan fingerprint density at radius 3 is 2.27 bits per heavy atom. The number of anilines is 1. The molecular formula is C23H27N3O4. The zero-order valence-corrected chi connectivity index (χ0v) is 18.0. The molecule has 1 heterocycles.